The van der Waals surface area contributed by atoms with Crippen molar-refractivity contribution in [1.82, 2.24) is 14.1 Å². The Labute approximate surface area is 153 Å². The van der Waals surface area contributed by atoms with Gasteiger partial charge in [-0.05, 0) is 45.0 Å². The number of rotatable bonds is 7. The van der Waals surface area contributed by atoms with Gasteiger partial charge >= 0.3 is 0 Å². The van der Waals surface area contributed by atoms with Crippen LogP contribution in [-0.4, -0.2) is 49.1 Å². The average molecular weight is 380 g/mol. The monoisotopic (exact) mass is 380 g/mol. The summed E-state index contributed by atoms with van der Waals surface area (Å²) in [5.41, 5.74) is 2.08. The van der Waals surface area contributed by atoms with Crippen molar-refractivity contribution in [2.45, 2.75) is 32.2 Å². The number of anilines is 1. The van der Waals surface area contributed by atoms with Gasteiger partial charge in [0.05, 0.1) is 12.3 Å². The summed E-state index contributed by atoms with van der Waals surface area (Å²) in [6.07, 6.45) is 0. The Morgan fingerprint density at radius 3 is 2.50 bits per heavy atom. The van der Waals surface area contributed by atoms with Gasteiger partial charge in [-0.3, -0.25) is 9.48 Å². The van der Waals surface area contributed by atoms with Gasteiger partial charge in [-0.15, -0.1) is 0 Å². The fraction of sp³-hybridized carbons (Fsp3) is 0.412. The average Bonchev–Trinajstić information content (AvgIpc) is 2.86. The standard InChI is InChI=1S/C17H24N4O4S/c1-6-25-15-8-7-14(10-16(15)26(23,24)20(4)5)18-17(22)11-21-13(3)9-12(2)19-21/h7-10H,6,11H2,1-5H3,(H,18,22). The fourth-order valence-electron chi connectivity index (χ4n) is 2.43. The zero-order chi connectivity index (χ0) is 19.5. The van der Waals surface area contributed by atoms with E-state index in [9.17, 15) is 13.2 Å². The Hall–Kier alpha value is -2.39. The second-order valence-electron chi connectivity index (χ2n) is 6.01. The molecule has 2 aromatic rings. The van der Waals surface area contributed by atoms with Crippen LogP contribution in [0.5, 0.6) is 5.75 Å². The highest BCUT2D eigenvalue weighted by Gasteiger charge is 2.23. The van der Waals surface area contributed by atoms with Crippen molar-refractivity contribution >= 4 is 21.6 Å². The van der Waals surface area contributed by atoms with Gasteiger partial charge in [0.25, 0.3) is 0 Å². The number of nitrogens with zero attached hydrogens (tertiary/aromatic N) is 3. The summed E-state index contributed by atoms with van der Waals surface area (Å²) in [7, 11) is -0.824. The van der Waals surface area contributed by atoms with Crippen molar-refractivity contribution in [1.29, 1.82) is 0 Å². The minimum absolute atomic E-state index is 0.00765. The normalized spacial score (nSPS) is 11.6. The fourth-order valence-corrected chi connectivity index (χ4v) is 3.48. The second kappa shape index (κ2) is 7.88. The molecule has 0 saturated heterocycles. The Morgan fingerprint density at radius 2 is 1.96 bits per heavy atom. The summed E-state index contributed by atoms with van der Waals surface area (Å²) in [6.45, 7) is 5.87. The molecular weight excluding hydrogens is 356 g/mol. The van der Waals surface area contributed by atoms with Gasteiger partial charge in [-0.1, -0.05) is 0 Å². The molecular formula is C17H24N4O4S. The molecule has 8 nitrogen and oxygen atoms in total. The molecule has 1 N–H and O–H groups in total. The SMILES string of the molecule is CCOc1ccc(NC(=O)Cn2nc(C)cc2C)cc1S(=O)(=O)N(C)C. The molecule has 1 amide bonds. The van der Waals surface area contributed by atoms with Gasteiger partial charge in [0.2, 0.25) is 15.9 Å². The van der Waals surface area contributed by atoms with Gasteiger partial charge < -0.3 is 10.1 Å². The topological polar surface area (TPSA) is 93.5 Å². The molecule has 0 spiro atoms. The van der Waals surface area contributed by atoms with Crippen molar-refractivity contribution in [3.8, 4) is 5.75 Å². The van der Waals surface area contributed by atoms with E-state index in [0.717, 1.165) is 15.7 Å². The maximum Gasteiger partial charge on any atom is 0.246 e. The molecule has 1 aromatic heterocycles. The molecule has 142 valence electrons. The lowest BCUT2D eigenvalue weighted by Gasteiger charge is -2.16. The lowest BCUT2D eigenvalue weighted by atomic mass is 10.3. The summed E-state index contributed by atoms with van der Waals surface area (Å²) >= 11 is 0. The highest BCUT2D eigenvalue weighted by atomic mass is 32.2. The molecule has 0 fully saturated rings. The van der Waals surface area contributed by atoms with Crippen molar-refractivity contribution in [2.24, 2.45) is 0 Å². The molecule has 2 rings (SSSR count). The first-order valence-electron chi connectivity index (χ1n) is 8.15. The molecule has 0 aliphatic rings. The van der Waals surface area contributed by atoms with Crippen LogP contribution in [0.2, 0.25) is 0 Å². The van der Waals surface area contributed by atoms with Crippen LogP contribution in [0.3, 0.4) is 0 Å². The summed E-state index contributed by atoms with van der Waals surface area (Å²) in [6, 6.07) is 6.43. The summed E-state index contributed by atoms with van der Waals surface area (Å²) < 4.78 is 33.2. The highest BCUT2D eigenvalue weighted by Crippen LogP contribution is 2.29. The van der Waals surface area contributed by atoms with Gasteiger partial charge in [0, 0.05) is 25.5 Å². The van der Waals surface area contributed by atoms with E-state index in [1.807, 2.05) is 19.9 Å². The van der Waals surface area contributed by atoms with Crippen LogP contribution in [0.1, 0.15) is 18.3 Å². The number of sulfonamides is 1. The maximum atomic E-state index is 12.5. The van der Waals surface area contributed by atoms with Crippen molar-refractivity contribution < 1.29 is 17.9 Å². The molecule has 1 heterocycles. The van der Waals surface area contributed by atoms with Crippen LogP contribution < -0.4 is 10.1 Å². The van der Waals surface area contributed by atoms with Crippen molar-refractivity contribution in [3.63, 3.8) is 0 Å². The summed E-state index contributed by atoms with van der Waals surface area (Å²) in [5.74, 6) is -0.0497. The molecule has 0 radical (unpaired) electrons. The first kappa shape index (κ1) is 19.9. The molecule has 9 heteroatoms. The molecule has 26 heavy (non-hydrogen) atoms. The highest BCUT2D eigenvalue weighted by molar-refractivity contribution is 7.89. The molecule has 0 aliphatic heterocycles. The first-order valence-corrected chi connectivity index (χ1v) is 9.59. The number of aromatic nitrogens is 2. The molecule has 0 bridgehead atoms. The molecule has 1 aromatic carbocycles. The Balaban J connectivity index is 2.27. The van der Waals surface area contributed by atoms with Crippen LogP contribution >= 0.6 is 0 Å². The smallest absolute Gasteiger partial charge is 0.246 e. The number of amides is 1. The molecule has 0 unspecified atom stereocenters. The quantitative estimate of drug-likeness (QED) is 0.790. The van der Waals surface area contributed by atoms with Crippen molar-refractivity contribution in [2.75, 3.05) is 26.0 Å². The van der Waals surface area contributed by atoms with E-state index in [0.29, 0.717) is 12.3 Å². The number of carbonyl (C=O) groups excluding carboxylic acids is 1. The number of benzene rings is 1. The molecule has 0 saturated carbocycles. The minimum Gasteiger partial charge on any atom is -0.492 e. The Morgan fingerprint density at radius 1 is 1.27 bits per heavy atom. The number of carbonyl (C=O) groups is 1. The lowest BCUT2D eigenvalue weighted by Crippen LogP contribution is -2.24. The van der Waals surface area contributed by atoms with E-state index in [-0.39, 0.29) is 23.1 Å². The predicted molar refractivity (Wildman–Crippen MR) is 98.8 cm³/mol. The van der Waals surface area contributed by atoms with Gasteiger partial charge in [-0.2, -0.15) is 5.10 Å². The van der Waals surface area contributed by atoms with Crippen LogP contribution in [0.25, 0.3) is 0 Å². The van der Waals surface area contributed by atoms with E-state index >= 15 is 0 Å². The third-order valence-corrected chi connectivity index (χ3v) is 5.52. The number of hydrogen-bond acceptors (Lipinski definition) is 5. The Kier molecular flexibility index (Phi) is 6.04. The van der Waals surface area contributed by atoms with Crippen LogP contribution in [-0.2, 0) is 21.4 Å². The minimum atomic E-state index is -3.71. The van der Waals surface area contributed by atoms with Gasteiger partial charge in [-0.25, -0.2) is 12.7 Å². The lowest BCUT2D eigenvalue weighted by molar-refractivity contribution is -0.116. The third-order valence-electron chi connectivity index (χ3n) is 3.68. The van der Waals surface area contributed by atoms with Gasteiger partial charge in [0.15, 0.2) is 0 Å². The van der Waals surface area contributed by atoms with E-state index in [1.165, 1.54) is 20.2 Å². The third kappa shape index (κ3) is 4.41. The van der Waals surface area contributed by atoms with Crippen LogP contribution in [0, 0.1) is 13.8 Å². The number of hydrogen-bond donors (Lipinski definition) is 1. The first-order chi connectivity index (χ1) is 12.1. The molecule has 0 aliphatic carbocycles. The largest absolute Gasteiger partial charge is 0.492 e. The zero-order valence-electron chi connectivity index (χ0n) is 15.6. The predicted octanol–water partition coefficient (Wildman–Crippen LogP) is 1.79. The van der Waals surface area contributed by atoms with Crippen molar-refractivity contribution in [3.05, 3.63) is 35.7 Å². The summed E-state index contributed by atoms with van der Waals surface area (Å²) in [5, 5.41) is 6.95. The number of nitrogens with one attached hydrogen (secondary N) is 1. The van der Waals surface area contributed by atoms with Gasteiger partial charge in [0.1, 0.15) is 17.2 Å². The van der Waals surface area contributed by atoms with Crippen LogP contribution in [0.15, 0.2) is 29.2 Å². The number of aryl methyl sites for hydroxylation is 2. The zero-order valence-corrected chi connectivity index (χ0v) is 16.4. The van der Waals surface area contributed by atoms with Crippen LogP contribution in [0.4, 0.5) is 5.69 Å². The number of ether oxygens (including phenoxy) is 1. The van der Waals surface area contributed by atoms with E-state index < -0.39 is 10.0 Å². The maximum absolute atomic E-state index is 12.5. The van der Waals surface area contributed by atoms with E-state index in [2.05, 4.69) is 10.4 Å². The summed E-state index contributed by atoms with van der Waals surface area (Å²) in [4.78, 5) is 12.3. The molecule has 0 atom stereocenters. The second-order valence-corrected chi connectivity index (χ2v) is 8.14. The van der Waals surface area contributed by atoms with E-state index in [4.69, 9.17) is 4.74 Å². The Bertz CT molecular complexity index is 903. The van der Waals surface area contributed by atoms with E-state index in [1.54, 1.807) is 23.7 Å².